The van der Waals surface area contributed by atoms with Gasteiger partial charge in [-0.25, -0.2) is 9.78 Å². The molecule has 0 aromatic carbocycles. The molecule has 0 unspecified atom stereocenters. The smallest absolute Gasteiger partial charge is 0.355 e. The van der Waals surface area contributed by atoms with Gasteiger partial charge in [0.1, 0.15) is 0 Å². The molecule has 1 aromatic heterocycles. The summed E-state index contributed by atoms with van der Waals surface area (Å²) in [5.41, 5.74) is 1.82. The molecule has 0 saturated carbocycles. The molecule has 1 saturated heterocycles. The van der Waals surface area contributed by atoms with Crippen LogP contribution in [0.1, 0.15) is 15.4 Å². The lowest BCUT2D eigenvalue weighted by molar-refractivity contribution is 0.0688. The van der Waals surface area contributed by atoms with Crippen molar-refractivity contribution < 1.29 is 9.90 Å². The average Bonchev–Trinajstić information content (AvgIpc) is 2.69. The number of nitrogens with zero attached hydrogens (tertiary/aromatic N) is 3. The molecule has 6 heteroatoms. The van der Waals surface area contributed by atoms with Gasteiger partial charge in [0.15, 0.2) is 5.69 Å². The first-order chi connectivity index (χ1) is 7.66. The number of carboxylic acid groups (broad SMARTS) is 1. The van der Waals surface area contributed by atoms with Gasteiger partial charge < -0.3 is 10.0 Å². The molecule has 1 N–H and O–H groups in total. The lowest BCUT2D eigenvalue weighted by Crippen LogP contribution is -2.43. The quantitative estimate of drug-likeness (QED) is 0.839. The molecule has 2 rings (SSSR count). The minimum absolute atomic E-state index is 0.212. The summed E-state index contributed by atoms with van der Waals surface area (Å²) in [5, 5.41) is 8.94. The molecule has 0 aliphatic carbocycles. The summed E-state index contributed by atoms with van der Waals surface area (Å²) in [6.45, 7) is 4.78. The average molecular weight is 241 g/mol. The minimum Gasteiger partial charge on any atom is -0.476 e. The molecule has 0 amide bonds. The predicted molar refractivity (Wildman–Crippen MR) is 61.8 cm³/mol. The van der Waals surface area contributed by atoms with Crippen LogP contribution in [0.5, 0.6) is 0 Å². The zero-order valence-electron chi connectivity index (χ0n) is 9.22. The van der Waals surface area contributed by atoms with Crippen LogP contribution in [-0.4, -0.2) is 59.1 Å². The molecule has 0 radical (unpaired) electrons. The van der Waals surface area contributed by atoms with Crippen LogP contribution in [0.25, 0.3) is 0 Å². The maximum absolute atomic E-state index is 10.9. The Balaban J connectivity index is 1.98. The summed E-state index contributed by atoms with van der Waals surface area (Å²) in [6, 6.07) is 0. The molecular formula is C10H15N3O2S. The van der Waals surface area contributed by atoms with Crippen molar-refractivity contribution in [3.63, 3.8) is 0 Å². The summed E-state index contributed by atoms with van der Waals surface area (Å²) in [7, 11) is 2.10. The Morgan fingerprint density at radius 2 is 2.19 bits per heavy atom. The first kappa shape index (κ1) is 11.5. The van der Waals surface area contributed by atoms with Gasteiger partial charge in [-0.2, -0.15) is 0 Å². The van der Waals surface area contributed by atoms with E-state index in [-0.39, 0.29) is 5.69 Å². The van der Waals surface area contributed by atoms with Crippen molar-refractivity contribution in [3.8, 4) is 0 Å². The highest BCUT2D eigenvalue weighted by molar-refractivity contribution is 7.09. The van der Waals surface area contributed by atoms with E-state index in [2.05, 4.69) is 21.8 Å². The summed E-state index contributed by atoms with van der Waals surface area (Å²) >= 11 is 1.43. The van der Waals surface area contributed by atoms with Gasteiger partial charge in [0.25, 0.3) is 0 Å². The Bertz CT molecular complexity index is 372. The Kier molecular flexibility index (Phi) is 3.52. The monoisotopic (exact) mass is 241 g/mol. The van der Waals surface area contributed by atoms with E-state index in [1.165, 1.54) is 11.3 Å². The van der Waals surface area contributed by atoms with E-state index in [1.807, 2.05) is 0 Å². The molecule has 0 atom stereocenters. The molecule has 16 heavy (non-hydrogen) atoms. The van der Waals surface area contributed by atoms with Gasteiger partial charge in [-0.3, -0.25) is 4.90 Å². The first-order valence-corrected chi connectivity index (χ1v) is 6.11. The molecule has 1 aromatic rings. The normalized spacial score (nSPS) is 18.8. The fourth-order valence-electron chi connectivity index (χ4n) is 1.77. The largest absolute Gasteiger partial charge is 0.476 e. The third kappa shape index (κ3) is 2.58. The lowest BCUT2D eigenvalue weighted by atomic mass is 10.3. The number of rotatable bonds is 3. The molecule has 1 fully saturated rings. The second-order valence-electron chi connectivity index (χ2n) is 4.01. The number of carbonyl (C=O) groups is 1. The number of hydrogen-bond donors (Lipinski definition) is 1. The fourth-order valence-corrected chi connectivity index (χ4v) is 2.56. The number of piperazine rings is 1. The van der Waals surface area contributed by atoms with Crippen LogP contribution >= 0.6 is 11.3 Å². The Labute approximate surface area is 98.3 Å². The highest BCUT2D eigenvalue weighted by Gasteiger charge is 2.19. The summed E-state index contributed by atoms with van der Waals surface area (Å²) in [4.78, 5) is 20.2. The highest BCUT2D eigenvalue weighted by Crippen LogP contribution is 2.16. The fraction of sp³-hybridized carbons (Fsp3) is 0.600. The van der Waals surface area contributed by atoms with Crippen molar-refractivity contribution in [2.75, 3.05) is 33.2 Å². The van der Waals surface area contributed by atoms with Gasteiger partial charge >= 0.3 is 5.97 Å². The van der Waals surface area contributed by atoms with Crippen LogP contribution in [0.2, 0.25) is 0 Å². The van der Waals surface area contributed by atoms with Gasteiger partial charge in [0.2, 0.25) is 0 Å². The third-order valence-corrected chi connectivity index (χ3v) is 3.62. The van der Waals surface area contributed by atoms with Crippen LogP contribution in [0.3, 0.4) is 0 Å². The second kappa shape index (κ2) is 4.90. The molecule has 1 aliphatic heterocycles. The number of aromatic carboxylic acids is 1. The van der Waals surface area contributed by atoms with Crippen molar-refractivity contribution in [3.05, 3.63) is 16.1 Å². The van der Waals surface area contributed by atoms with E-state index in [1.54, 1.807) is 5.51 Å². The summed E-state index contributed by atoms with van der Waals surface area (Å²) in [5.74, 6) is -0.926. The number of likely N-dealkylation sites (N-methyl/N-ethyl adjacent to an activating group) is 1. The van der Waals surface area contributed by atoms with Crippen LogP contribution in [0, 0.1) is 0 Å². The molecule has 0 spiro atoms. The lowest BCUT2D eigenvalue weighted by Gasteiger charge is -2.31. The maximum atomic E-state index is 10.9. The Morgan fingerprint density at radius 1 is 1.50 bits per heavy atom. The van der Waals surface area contributed by atoms with E-state index in [0.29, 0.717) is 6.54 Å². The second-order valence-corrected chi connectivity index (χ2v) is 4.95. The van der Waals surface area contributed by atoms with Gasteiger partial charge in [-0.15, -0.1) is 11.3 Å². The number of carboxylic acids is 1. The van der Waals surface area contributed by atoms with Crippen molar-refractivity contribution >= 4 is 17.3 Å². The first-order valence-electron chi connectivity index (χ1n) is 5.23. The topological polar surface area (TPSA) is 56.7 Å². The number of aromatic nitrogens is 1. The number of thiazole rings is 1. The summed E-state index contributed by atoms with van der Waals surface area (Å²) in [6.07, 6.45) is 0. The molecule has 88 valence electrons. The van der Waals surface area contributed by atoms with E-state index < -0.39 is 5.97 Å². The molecule has 0 bridgehead atoms. The van der Waals surface area contributed by atoms with E-state index in [0.717, 1.165) is 31.1 Å². The zero-order chi connectivity index (χ0) is 11.5. The summed E-state index contributed by atoms with van der Waals surface area (Å²) < 4.78 is 0. The maximum Gasteiger partial charge on any atom is 0.355 e. The molecule has 5 nitrogen and oxygen atoms in total. The SMILES string of the molecule is CN1CCN(Cc2scnc2C(=O)O)CC1. The predicted octanol–water partition coefficient (Wildman–Crippen LogP) is 0.589. The van der Waals surface area contributed by atoms with Crippen molar-refractivity contribution in [1.82, 2.24) is 14.8 Å². The van der Waals surface area contributed by atoms with Crippen molar-refractivity contribution in [1.29, 1.82) is 0 Å². The van der Waals surface area contributed by atoms with Crippen molar-refractivity contribution in [2.45, 2.75) is 6.54 Å². The molecule has 2 heterocycles. The Hall–Kier alpha value is -0.980. The molecular weight excluding hydrogens is 226 g/mol. The zero-order valence-corrected chi connectivity index (χ0v) is 10.0. The van der Waals surface area contributed by atoms with E-state index >= 15 is 0 Å². The van der Waals surface area contributed by atoms with Gasteiger partial charge in [-0.1, -0.05) is 0 Å². The van der Waals surface area contributed by atoms with Crippen LogP contribution in [0.4, 0.5) is 0 Å². The van der Waals surface area contributed by atoms with Crippen LogP contribution in [-0.2, 0) is 6.54 Å². The number of hydrogen-bond acceptors (Lipinski definition) is 5. The van der Waals surface area contributed by atoms with Crippen LogP contribution in [0.15, 0.2) is 5.51 Å². The minimum atomic E-state index is -0.926. The standard InChI is InChI=1S/C10H15N3O2S/c1-12-2-4-13(5-3-12)6-8-9(10(14)15)11-7-16-8/h7H,2-6H2,1H3,(H,14,15). The molecule has 1 aliphatic rings. The van der Waals surface area contributed by atoms with Crippen LogP contribution < -0.4 is 0 Å². The van der Waals surface area contributed by atoms with Gasteiger partial charge in [0.05, 0.1) is 10.4 Å². The van der Waals surface area contributed by atoms with Gasteiger partial charge in [0, 0.05) is 32.7 Å². The highest BCUT2D eigenvalue weighted by atomic mass is 32.1. The Morgan fingerprint density at radius 3 is 2.81 bits per heavy atom. The van der Waals surface area contributed by atoms with E-state index in [4.69, 9.17) is 5.11 Å². The van der Waals surface area contributed by atoms with Gasteiger partial charge in [-0.05, 0) is 7.05 Å². The van der Waals surface area contributed by atoms with Crippen molar-refractivity contribution in [2.24, 2.45) is 0 Å². The third-order valence-electron chi connectivity index (χ3n) is 2.81. The van der Waals surface area contributed by atoms with E-state index in [9.17, 15) is 4.79 Å².